The van der Waals surface area contributed by atoms with Crippen molar-refractivity contribution in [3.63, 3.8) is 0 Å². The minimum Gasteiger partial charge on any atom is -0.342 e. The Hall–Kier alpha value is -1.24. The van der Waals surface area contributed by atoms with E-state index in [9.17, 15) is 9.59 Å². The van der Waals surface area contributed by atoms with Gasteiger partial charge in [-0.2, -0.15) is 11.8 Å². The third-order valence-corrected chi connectivity index (χ3v) is 7.20. The van der Waals surface area contributed by atoms with Crippen molar-refractivity contribution in [2.45, 2.75) is 64.2 Å². The molecular formula is C23H36ClN3O2S. The van der Waals surface area contributed by atoms with Crippen molar-refractivity contribution in [1.29, 1.82) is 0 Å². The number of carbonyl (C=O) groups is 2. The number of carbonyl (C=O) groups excluding carboxylic acids is 2. The van der Waals surface area contributed by atoms with E-state index in [-0.39, 0.29) is 41.8 Å². The van der Waals surface area contributed by atoms with Crippen LogP contribution in [0.4, 0.5) is 0 Å². The summed E-state index contributed by atoms with van der Waals surface area (Å²) in [5.74, 6) is 1.58. The molecule has 5 nitrogen and oxygen atoms in total. The van der Waals surface area contributed by atoms with Crippen molar-refractivity contribution in [3.8, 4) is 0 Å². The Balaban J connectivity index is 0.00000320. The summed E-state index contributed by atoms with van der Waals surface area (Å²) in [7, 11) is 0. The van der Waals surface area contributed by atoms with Gasteiger partial charge in [-0.1, -0.05) is 44.2 Å². The summed E-state index contributed by atoms with van der Waals surface area (Å²) in [5, 5.41) is 3.70. The highest BCUT2D eigenvalue weighted by Gasteiger charge is 2.51. The third kappa shape index (κ3) is 5.32. The van der Waals surface area contributed by atoms with Crippen LogP contribution in [0, 0.1) is 5.92 Å². The van der Waals surface area contributed by atoms with E-state index in [0.29, 0.717) is 6.54 Å². The van der Waals surface area contributed by atoms with Crippen molar-refractivity contribution in [1.82, 2.24) is 15.1 Å². The molecule has 7 heteroatoms. The summed E-state index contributed by atoms with van der Waals surface area (Å²) in [6.07, 6.45) is 6.32. The maximum Gasteiger partial charge on any atom is 0.241 e. The molecule has 2 aliphatic rings. The molecule has 1 N–H and O–H groups in total. The van der Waals surface area contributed by atoms with Crippen LogP contribution in [0.5, 0.6) is 0 Å². The molecule has 2 amide bonds. The minimum absolute atomic E-state index is 0. The number of nitrogens with one attached hydrogen (secondary N) is 1. The molecule has 1 aromatic rings. The predicted molar refractivity (Wildman–Crippen MR) is 127 cm³/mol. The number of amides is 2. The predicted octanol–water partition coefficient (Wildman–Crippen LogP) is 3.92. The molecule has 30 heavy (non-hydrogen) atoms. The molecule has 2 heterocycles. The summed E-state index contributed by atoms with van der Waals surface area (Å²) >= 11 is 1.78. The first kappa shape index (κ1) is 25.0. The van der Waals surface area contributed by atoms with Crippen molar-refractivity contribution >= 4 is 36.0 Å². The van der Waals surface area contributed by atoms with E-state index in [4.69, 9.17) is 0 Å². The molecule has 0 unspecified atom stereocenters. The van der Waals surface area contributed by atoms with Crippen LogP contribution in [0.1, 0.15) is 51.5 Å². The van der Waals surface area contributed by atoms with E-state index in [1.165, 1.54) is 0 Å². The lowest BCUT2D eigenvalue weighted by molar-refractivity contribution is -0.140. The van der Waals surface area contributed by atoms with E-state index in [1.807, 2.05) is 23.1 Å². The quantitative estimate of drug-likeness (QED) is 0.648. The molecule has 2 saturated heterocycles. The summed E-state index contributed by atoms with van der Waals surface area (Å²) < 4.78 is 0. The fourth-order valence-corrected chi connectivity index (χ4v) is 5.17. The standard InChI is InChI=1S/C23H35N3O2S.ClH/c1-4-19(5-2)21(27)25-14-12-23(13-15-25)24-20(11-16-29-3)22(28)26(23)17-18-9-7-6-8-10-18;/h6-10,19-20,24H,4-5,11-17H2,1-3H3;1H/t20-;/m0./s1. The van der Waals surface area contributed by atoms with Gasteiger partial charge in [-0.25, -0.2) is 0 Å². The number of nitrogens with zero attached hydrogens (tertiary/aromatic N) is 2. The second-order valence-corrected chi connectivity index (χ2v) is 9.24. The first-order valence-corrected chi connectivity index (χ1v) is 12.3. The van der Waals surface area contributed by atoms with Crippen molar-refractivity contribution in [2.24, 2.45) is 5.92 Å². The molecule has 0 bridgehead atoms. The third-order valence-electron chi connectivity index (χ3n) is 6.55. The second kappa shape index (κ2) is 11.4. The SMILES string of the molecule is CCC(CC)C(=O)N1CCC2(CC1)N[C@@H](CCSC)C(=O)N2Cc1ccccc1.Cl. The van der Waals surface area contributed by atoms with Gasteiger partial charge in [0.1, 0.15) is 0 Å². The Bertz CT molecular complexity index is 691. The topological polar surface area (TPSA) is 52.7 Å². The molecule has 0 aromatic heterocycles. The van der Waals surface area contributed by atoms with Crippen molar-refractivity contribution < 1.29 is 9.59 Å². The van der Waals surface area contributed by atoms with Crippen LogP contribution in [0.25, 0.3) is 0 Å². The van der Waals surface area contributed by atoms with Crippen LogP contribution in [-0.4, -0.2) is 58.4 Å². The maximum atomic E-state index is 13.3. The van der Waals surface area contributed by atoms with Crippen LogP contribution in [-0.2, 0) is 16.1 Å². The molecular weight excluding hydrogens is 418 g/mol. The van der Waals surface area contributed by atoms with Crippen LogP contribution < -0.4 is 5.32 Å². The largest absolute Gasteiger partial charge is 0.342 e. The average Bonchev–Trinajstić information content (AvgIpc) is 2.99. The van der Waals surface area contributed by atoms with Gasteiger partial charge < -0.3 is 9.80 Å². The van der Waals surface area contributed by atoms with E-state index in [0.717, 1.165) is 56.5 Å². The monoisotopic (exact) mass is 453 g/mol. The summed E-state index contributed by atoms with van der Waals surface area (Å²) in [4.78, 5) is 30.2. The second-order valence-electron chi connectivity index (χ2n) is 8.26. The fraction of sp³-hybridized carbons (Fsp3) is 0.652. The Morgan fingerprint density at radius 1 is 1.20 bits per heavy atom. The Morgan fingerprint density at radius 2 is 1.83 bits per heavy atom. The van der Waals surface area contributed by atoms with Crippen LogP contribution >= 0.6 is 24.2 Å². The minimum atomic E-state index is -0.333. The lowest BCUT2D eigenvalue weighted by atomic mass is 9.93. The highest BCUT2D eigenvalue weighted by molar-refractivity contribution is 7.98. The molecule has 3 rings (SSSR count). The summed E-state index contributed by atoms with van der Waals surface area (Å²) in [5.41, 5.74) is 0.823. The number of thioether (sulfide) groups is 1. The van der Waals surface area contributed by atoms with E-state index in [1.54, 1.807) is 11.8 Å². The molecule has 1 aromatic carbocycles. The first-order valence-electron chi connectivity index (χ1n) is 11.0. The molecule has 2 aliphatic heterocycles. The Labute approximate surface area is 191 Å². The number of rotatable bonds is 8. The Morgan fingerprint density at radius 3 is 2.40 bits per heavy atom. The smallest absolute Gasteiger partial charge is 0.241 e. The maximum absolute atomic E-state index is 13.3. The zero-order chi connectivity index (χ0) is 20.9. The van der Waals surface area contributed by atoms with Crippen molar-refractivity contribution in [2.75, 3.05) is 25.1 Å². The van der Waals surface area contributed by atoms with Crippen LogP contribution in [0.2, 0.25) is 0 Å². The van der Waals surface area contributed by atoms with Gasteiger partial charge in [-0.05, 0) is 36.8 Å². The molecule has 1 atom stereocenters. The highest BCUT2D eigenvalue weighted by Crippen LogP contribution is 2.35. The number of hydrogen-bond acceptors (Lipinski definition) is 4. The molecule has 168 valence electrons. The van der Waals surface area contributed by atoms with E-state index < -0.39 is 0 Å². The molecule has 0 radical (unpaired) electrons. The fourth-order valence-electron chi connectivity index (χ4n) is 4.70. The zero-order valence-corrected chi connectivity index (χ0v) is 20.1. The van der Waals surface area contributed by atoms with Gasteiger partial charge in [0.15, 0.2) is 0 Å². The first-order chi connectivity index (χ1) is 14.0. The highest BCUT2D eigenvalue weighted by atomic mass is 35.5. The van der Waals surface area contributed by atoms with Gasteiger partial charge in [0, 0.05) is 38.4 Å². The summed E-state index contributed by atoms with van der Waals surface area (Å²) in [6.45, 7) is 6.24. The van der Waals surface area contributed by atoms with Gasteiger partial charge in [0.2, 0.25) is 11.8 Å². The average molecular weight is 454 g/mol. The number of hydrogen-bond donors (Lipinski definition) is 1. The molecule has 2 fully saturated rings. The van der Waals surface area contributed by atoms with Gasteiger partial charge in [-0.15, -0.1) is 12.4 Å². The zero-order valence-electron chi connectivity index (χ0n) is 18.4. The summed E-state index contributed by atoms with van der Waals surface area (Å²) in [6, 6.07) is 10.1. The lowest BCUT2D eigenvalue weighted by Crippen LogP contribution is -2.59. The van der Waals surface area contributed by atoms with Gasteiger partial charge >= 0.3 is 0 Å². The number of halogens is 1. The number of benzene rings is 1. The lowest BCUT2D eigenvalue weighted by Gasteiger charge is -2.45. The van der Waals surface area contributed by atoms with Crippen LogP contribution in [0.15, 0.2) is 30.3 Å². The number of likely N-dealkylation sites (tertiary alicyclic amines) is 1. The van der Waals surface area contributed by atoms with E-state index >= 15 is 0 Å². The van der Waals surface area contributed by atoms with Gasteiger partial charge in [0.05, 0.1) is 11.7 Å². The molecule has 1 spiro atoms. The Kier molecular flexibility index (Phi) is 9.51. The molecule has 0 aliphatic carbocycles. The van der Waals surface area contributed by atoms with Crippen LogP contribution in [0.3, 0.4) is 0 Å². The van der Waals surface area contributed by atoms with E-state index in [2.05, 4.69) is 42.5 Å². The molecule has 0 saturated carbocycles. The number of piperidine rings is 1. The van der Waals surface area contributed by atoms with Gasteiger partial charge in [0.25, 0.3) is 0 Å². The normalized spacial score (nSPS) is 20.7. The van der Waals surface area contributed by atoms with Gasteiger partial charge in [-0.3, -0.25) is 14.9 Å². The van der Waals surface area contributed by atoms with Crippen molar-refractivity contribution in [3.05, 3.63) is 35.9 Å².